The first-order valence-electron chi connectivity index (χ1n) is 13.8. The summed E-state index contributed by atoms with van der Waals surface area (Å²) in [6, 6.07) is 14.1. The molecular weight excluding hydrogens is 637 g/mol. The number of pyridine rings is 1. The van der Waals surface area contributed by atoms with Crippen molar-refractivity contribution in [1.82, 2.24) is 4.98 Å². The largest absolute Gasteiger partial charge is 0.385 e. The predicted octanol–water partition coefficient (Wildman–Crippen LogP) is 5.77. The number of nitriles is 1. The summed E-state index contributed by atoms with van der Waals surface area (Å²) >= 11 is 0. The second-order valence-electron chi connectivity index (χ2n) is 9.50. The second-order valence-corrected chi connectivity index (χ2v) is 13.0. The van der Waals surface area contributed by atoms with Crippen LogP contribution in [-0.2, 0) is 29.4 Å². The zero-order valence-corrected chi connectivity index (χ0v) is 26.9. The molecule has 1 heterocycles. The molecule has 1 aromatic heterocycles. The summed E-state index contributed by atoms with van der Waals surface area (Å²) in [7, 11) is -6.05. The monoisotopic (exact) mass is 670 g/mol. The van der Waals surface area contributed by atoms with Crippen LogP contribution >= 0.6 is 0 Å². The van der Waals surface area contributed by atoms with E-state index in [4.69, 9.17) is 14.0 Å². The van der Waals surface area contributed by atoms with Gasteiger partial charge in [-0.3, -0.25) is 4.55 Å². The zero-order valence-electron chi connectivity index (χ0n) is 25.2. The van der Waals surface area contributed by atoms with Crippen molar-refractivity contribution in [2.45, 2.75) is 18.2 Å². The molecular formula is C29H34N8O7S2. The van der Waals surface area contributed by atoms with E-state index in [1.54, 1.807) is 38.3 Å². The predicted molar refractivity (Wildman–Crippen MR) is 173 cm³/mol. The standard InChI is InChI=1S/C29H34N8O7S2/c1-4-45(38,39)19-18-44-17-15-32-29-27(21(2)26(20-30)28(33-29)31-14-5-16-43-3)37-36-23-8-6-22(7-9-23)34-35-24-10-12-25(13-11-24)46(40,41)42/h4,6-13H,1,5,14-19H2,2-3H3,(H2,31,32,33)(H,40,41,42). The quantitative estimate of drug-likeness (QED) is 0.0837. The van der Waals surface area contributed by atoms with Gasteiger partial charge < -0.3 is 20.1 Å². The topological polar surface area (TPSA) is 217 Å². The average Bonchev–Trinajstić information content (AvgIpc) is 3.03. The molecule has 0 aliphatic rings. The molecule has 0 amide bonds. The van der Waals surface area contributed by atoms with Crippen molar-refractivity contribution < 1.29 is 30.9 Å². The fourth-order valence-corrected chi connectivity index (χ4v) is 4.72. The van der Waals surface area contributed by atoms with Gasteiger partial charge in [0.05, 0.1) is 46.5 Å². The maximum absolute atomic E-state index is 11.6. The first kappa shape index (κ1) is 35.9. The number of nitrogens with one attached hydrogen (secondary N) is 2. The minimum Gasteiger partial charge on any atom is -0.385 e. The van der Waals surface area contributed by atoms with Gasteiger partial charge in [-0.05, 0) is 61.9 Å². The summed E-state index contributed by atoms with van der Waals surface area (Å²) in [4.78, 5) is 4.35. The van der Waals surface area contributed by atoms with Gasteiger partial charge in [-0.15, -0.1) is 5.11 Å². The van der Waals surface area contributed by atoms with Crippen LogP contribution in [0.15, 0.2) is 85.9 Å². The van der Waals surface area contributed by atoms with Gasteiger partial charge in [0, 0.05) is 37.8 Å². The number of sulfone groups is 1. The third-order valence-electron chi connectivity index (χ3n) is 6.18. The molecule has 0 unspecified atom stereocenters. The van der Waals surface area contributed by atoms with Crippen LogP contribution in [0.3, 0.4) is 0 Å². The number of nitrogens with zero attached hydrogens (tertiary/aromatic N) is 6. The number of methoxy groups -OCH3 is 1. The molecule has 3 N–H and O–H groups in total. The van der Waals surface area contributed by atoms with Crippen molar-refractivity contribution in [3.05, 3.63) is 71.6 Å². The third kappa shape index (κ3) is 11.1. The first-order chi connectivity index (χ1) is 22.0. The Morgan fingerprint density at radius 1 is 0.891 bits per heavy atom. The average molecular weight is 671 g/mol. The summed E-state index contributed by atoms with van der Waals surface area (Å²) in [6.45, 7) is 6.54. The van der Waals surface area contributed by atoms with E-state index in [0.717, 1.165) is 5.41 Å². The zero-order chi connectivity index (χ0) is 33.6. The molecule has 0 saturated carbocycles. The smallest absolute Gasteiger partial charge is 0.294 e. The van der Waals surface area contributed by atoms with Gasteiger partial charge in [-0.2, -0.15) is 29.0 Å². The number of anilines is 2. The van der Waals surface area contributed by atoms with E-state index >= 15 is 0 Å². The van der Waals surface area contributed by atoms with Crippen LogP contribution < -0.4 is 10.6 Å². The Balaban J connectivity index is 1.78. The SMILES string of the molecule is C=CS(=O)(=O)CCOCCNc1nc(NCCCOC)c(C#N)c(C)c1N=Nc1ccc(N=Nc2ccc(S(=O)(=O)O)cc2)cc1. The fraction of sp³-hybridized carbons (Fsp3) is 0.310. The van der Waals surface area contributed by atoms with Gasteiger partial charge in [0.1, 0.15) is 17.6 Å². The molecule has 244 valence electrons. The molecule has 0 saturated heterocycles. The molecule has 3 aromatic rings. The van der Waals surface area contributed by atoms with E-state index in [2.05, 4.69) is 48.7 Å². The van der Waals surface area contributed by atoms with Gasteiger partial charge in [-0.1, -0.05) is 6.58 Å². The Bertz CT molecular complexity index is 1810. The minimum absolute atomic E-state index is 0.00458. The highest BCUT2D eigenvalue weighted by molar-refractivity contribution is 7.94. The van der Waals surface area contributed by atoms with E-state index in [-0.39, 0.29) is 30.4 Å². The molecule has 0 spiro atoms. The summed E-state index contributed by atoms with van der Waals surface area (Å²) in [5.41, 5.74) is 2.55. The molecule has 46 heavy (non-hydrogen) atoms. The number of aromatic nitrogens is 1. The lowest BCUT2D eigenvalue weighted by Gasteiger charge is -2.15. The summed E-state index contributed by atoms with van der Waals surface area (Å²) in [5.74, 6) is 0.546. The van der Waals surface area contributed by atoms with E-state index in [1.807, 2.05) is 0 Å². The highest BCUT2D eigenvalue weighted by Crippen LogP contribution is 2.35. The molecule has 3 rings (SSSR count). The van der Waals surface area contributed by atoms with Crippen molar-refractivity contribution in [2.75, 3.05) is 56.4 Å². The fourth-order valence-electron chi connectivity index (χ4n) is 3.72. The van der Waals surface area contributed by atoms with E-state index in [9.17, 15) is 22.1 Å². The van der Waals surface area contributed by atoms with Gasteiger partial charge in [0.15, 0.2) is 15.7 Å². The van der Waals surface area contributed by atoms with Crippen molar-refractivity contribution in [3.63, 3.8) is 0 Å². The lowest BCUT2D eigenvalue weighted by Crippen LogP contribution is -2.16. The first-order valence-corrected chi connectivity index (χ1v) is 17.0. The number of azo groups is 2. The molecule has 15 nitrogen and oxygen atoms in total. The molecule has 17 heteroatoms. The Kier molecular flexibility index (Phi) is 13.4. The molecule has 0 fully saturated rings. The number of hydrogen-bond acceptors (Lipinski definition) is 14. The van der Waals surface area contributed by atoms with E-state index in [0.29, 0.717) is 65.1 Å². The van der Waals surface area contributed by atoms with Crippen molar-refractivity contribution in [3.8, 4) is 6.07 Å². The number of hydrogen-bond donors (Lipinski definition) is 3. The van der Waals surface area contributed by atoms with Gasteiger partial charge in [0.2, 0.25) is 0 Å². The Hall–Kier alpha value is -4.60. The lowest BCUT2D eigenvalue weighted by molar-refractivity contribution is 0.159. The highest BCUT2D eigenvalue weighted by atomic mass is 32.2. The van der Waals surface area contributed by atoms with Crippen LogP contribution in [0.2, 0.25) is 0 Å². The van der Waals surface area contributed by atoms with Crippen LogP contribution in [0.1, 0.15) is 17.5 Å². The number of ether oxygens (including phenoxy) is 2. The molecule has 0 bridgehead atoms. The normalized spacial score (nSPS) is 12.0. The van der Waals surface area contributed by atoms with E-state index < -0.39 is 20.0 Å². The third-order valence-corrected chi connectivity index (χ3v) is 8.29. The Morgan fingerprint density at radius 3 is 2.00 bits per heavy atom. The lowest BCUT2D eigenvalue weighted by atomic mass is 10.1. The Morgan fingerprint density at radius 2 is 1.46 bits per heavy atom. The van der Waals surface area contributed by atoms with Crippen LogP contribution in [0.25, 0.3) is 0 Å². The molecule has 0 atom stereocenters. The second kappa shape index (κ2) is 17.2. The molecule has 0 radical (unpaired) electrons. The van der Waals surface area contributed by atoms with Gasteiger partial charge in [-0.25, -0.2) is 13.4 Å². The van der Waals surface area contributed by atoms with Crippen LogP contribution in [0, 0.1) is 18.3 Å². The molecule has 0 aliphatic carbocycles. The maximum Gasteiger partial charge on any atom is 0.294 e. The Labute approximate surface area is 267 Å². The number of benzene rings is 2. The van der Waals surface area contributed by atoms with Gasteiger partial charge in [0.25, 0.3) is 10.1 Å². The van der Waals surface area contributed by atoms with Crippen molar-refractivity contribution in [2.24, 2.45) is 20.5 Å². The van der Waals surface area contributed by atoms with Crippen molar-refractivity contribution >= 4 is 54.3 Å². The summed E-state index contributed by atoms with van der Waals surface area (Å²) in [5, 5.41) is 34.0. The van der Waals surface area contributed by atoms with Gasteiger partial charge >= 0.3 is 0 Å². The minimum atomic E-state index is -4.30. The molecule has 2 aromatic carbocycles. The van der Waals surface area contributed by atoms with Crippen LogP contribution in [0.5, 0.6) is 0 Å². The highest BCUT2D eigenvalue weighted by Gasteiger charge is 2.17. The van der Waals surface area contributed by atoms with Crippen LogP contribution in [0.4, 0.5) is 34.4 Å². The van der Waals surface area contributed by atoms with Crippen molar-refractivity contribution in [1.29, 1.82) is 5.26 Å². The summed E-state index contributed by atoms with van der Waals surface area (Å²) in [6.07, 6.45) is 0.698. The molecule has 0 aliphatic heterocycles. The van der Waals surface area contributed by atoms with E-state index in [1.165, 1.54) is 24.3 Å². The summed E-state index contributed by atoms with van der Waals surface area (Å²) < 4.78 is 65.1. The van der Waals surface area contributed by atoms with Crippen LogP contribution in [-0.4, -0.2) is 72.1 Å². The maximum atomic E-state index is 11.6. The number of rotatable bonds is 18.